The fraction of sp³-hybridized carbons (Fsp3) is 0. The molecule has 0 fully saturated rings. The molecule has 1 aromatic carbocycles. The monoisotopic (exact) mass is 165 g/mol. The van der Waals surface area contributed by atoms with Gasteiger partial charge in [0, 0.05) is 5.39 Å². The van der Waals surface area contributed by atoms with Crippen LogP contribution >= 0.6 is 11.5 Å². The number of rotatable bonds is 1. The van der Waals surface area contributed by atoms with Gasteiger partial charge < -0.3 is 5.43 Å². The van der Waals surface area contributed by atoms with Crippen LogP contribution in [-0.4, -0.2) is 4.37 Å². The van der Waals surface area contributed by atoms with E-state index in [2.05, 4.69) is 9.80 Å². The third kappa shape index (κ3) is 0.961. The molecule has 3 nitrogen and oxygen atoms in total. The third-order valence-corrected chi connectivity index (χ3v) is 2.32. The van der Waals surface area contributed by atoms with Crippen molar-refractivity contribution in [2.24, 2.45) is 5.84 Å². The van der Waals surface area contributed by atoms with Crippen LogP contribution in [0.15, 0.2) is 24.3 Å². The highest BCUT2D eigenvalue weighted by Crippen LogP contribution is 2.25. The molecule has 0 spiro atoms. The van der Waals surface area contributed by atoms with Crippen molar-refractivity contribution in [2.45, 2.75) is 0 Å². The number of nitrogens with zero attached hydrogens (tertiary/aromatic N) is 1. The highest BCUT2D eigenvalue weighted by atomic mass is 32.1. The van der Waals surface area contributed by atoms with Crippen molar-refractivity contribution in [3.05, 3.63) is 24.3 Å². The second-order valence-corrected chi connectivity index (χ2v) is 2.95. The lowest BCUT2D eigenvalue weighted by Gasteiger charge is -1.91. The van der Waals surface area contributed by atoms with Gasteiger partial charge in [-0.2, -0.15) is 4.37 Å². The Hall–Kier alpha value is -1.13. The number of nitrogens with one attached hydrogen (secondary N) is 1. The second kappa shape index (κ2) is 2.48. The molecule has 2 rings (SSSR count). The number of hydrazine groups is 1. The van der Waals surface area contributed by atoms with E-state index in [-0.39, 0.29) is 0 Å². The first-order valence-electron chi connectivity index (χ1n) is 3.23. The normalized spacial score (nSPS) is 10.3. The molecule has 0 unspecified atom stereocenters. The maximum absolute atomic E-state index is 5.28. The smallest absolute Gasteiger partial charge is 0.131 e. The lowest BCUT2D eigenvalue weighted by molar-refractivity contribution is 1.40. The number of nitrogen functional groups attached to an aromatic ring is 1. The summed E-state index contributed by atoms with van der Waals surface area (Å²) in [6.45, 7) is 0. The summed E-state index contributed by atoms with van der Waals surface area (Å²) < 4.78 is 4.19. The largest absolute Gasteiger partial charge is 0.314 e. The molecule has 0 aliphatic heterocycles. The van der Waals surface area contributed by atoms with E-state index in [0.717, 1.165) is 15.9 Å². The zero-order valence-electron chi connectivity index (χ0n) is 5.74. The summed E-state index contributed by atoms with van der Waals surface area (Å²) in [5.41, 5.74) is 3.60. The highest BCUT2D eigenvalue weighted by Gasteiger charge is 2.01. The zero-order chi connectivity index (χ0) is 7.68. The van der Waals surface area contributed by atoms with Gasteiger partial charge in [0.15, 0.2) is 0 Å². The lowest BCUT2D eigenvalue weighted by Crippen LogP contribution is -2.04. The topological polar surface area (TPSA) is 50.9 Å². The minimum atomic E-state index is 0.917. The van der Waals surface area contributed by atoms with Crippen LogP contribution in [0, 0.1) is 0 Å². The van der Waals surface area contributed by atoms with Crippen molar-refractivity contribution in [3.63, 3.8) is 0 Å². The van der Waals surface area contributed by atoms with Crippen LogP contribution in [0.2, 0.25) is 0 Å². The Labute approximate surface area is 68.0 Å². The molecule has 0 saturated carbocycles. The fourth-order valence-corrected chi connectivity index (χ4v) is 1.67. The zero-order valence-corrected chi connectivity index (χ0v) is 6.56. The summed E-state index contributed by atoms with van der Waals surface area (Å²) in [6, 6.07) is 7.89. The number of fused-ring (bicyclic) bond motifs is 1. The first-order chi connectivity index (χ1) is 5.42. The Kier molecular flexibility index (Phi) is 1.48. The van der Waals surface area contributed by atoms with E-state index in [1.807, 2.05) is 24.3 Å². The Morgan fingerprint density at radius 1 is 1.36 bits per heavy atom. The Bertz CT molecular complexity index is 368. The average molecular weight is 165 g/mol. The second-order valence-electron chi connectivity index (χ2n) is 2.17. The van der Waals surface area contributed by atoms with Gasteiger partial charge in [-0.3, -0.25) is 0 Å². The average Bonchev–Trinajstić information content (AvgIpc) is 2.47. The minimum absolute atomic E-state index is 0.917. The van der Waals surface area contributed by atoms with E-state index in [9.17, 15) is 0 Å². The molecular weight excluding hydrogens is 158 g/mol. The van der Waals surface area contributed by atoms with Gasteiger partial charge in [-0.25, -0.2) is 5.84 Å². The lowest BCUT2D eigenvalue weighted by atomic mass is 10.2. The number of hydrogen-bond acceptors (Lipinski definition) is 4. The van der Waals surface area contributed by atoms with Crippen LogP contribution in [0.3, 0.4) is 0 Å². The minimum Gasteiger partial charge on any atom is -0.314 e. The van der Waals surface area contributed by atoms with E-state index < -0.39 is 0 Å². The van der Waals surface area contributed by atoms with Gasteiger partial charge >= 0.3 is 0 Å². The molecule has 0 aliphatic rings. The van der Waals surface area contributed by atoms with Gasteiger partial charge in [-0.15, -0.1) is 0 Å². The molecule has 56 valence electrons. The first kappa shape index (κ1) is 6.57. The van der Waals surface area contributed by atoms with Crippen LogP contribution < -0.4 is 11.3 Å². The number of aromatic nitrogens is 1. The van der Waals surface area contributed by atoms with Crippen molar-refractivity contribution in [1.82, 2.24) is 4.37 Å². The molecule has 2 aromatic rings. The molecular formula is C7H7N3S. The molecule has 4 heteroatoms. The summed E-state index contributed by atoms with van der Waals surface area (Å²) in [6.07, 6.45) is 0. The van der Waals surface area contributed by atoms with E-state index in [1.54, 1.807) is 0 Å². The van der Waals surface area contributed by atoms with E-state index in [4.69, 9.17) is 5.84 Å². The van der Waals surface area contributed by atoms with Gasteiger partial charge in [0.25, 0.3) is 0 Å². The summed E-state index contributed by atoms with van der Waals surface area (Å²) in [5.74, 6) is 5.28. The maximum atomic E-state index is 5.28. The first-order valence-corrected chi connectivity index (χ1v) is 4.00. The molecule has 1 aromatic heterocycles. The van der Waals surface area contributed by atoms with Crippen molar-refractivity contribution in [1.29, 1.82) is 0 Å². The van der Waals surface area contributed by atoms with Crippen LogP contribution in [0.5, 0.6) is 0 Å². The van der Waals surface area contributed by atoms with Crippen LogP contribution in [0.25, 0.3) is 10.9 Å². The predicted octanol–water partition coefficient (Wildman–Crippen LogP) is 1.58. The van der Waals surface area contributed by atoms with Gasteiger partial charge in [-0.1, -0.05) is 12.1 Å². The molecule has 0 aliphatic carbocycles. The predicted molar refractivity (Wildman–Crippen MR) is 47.4 cm³/mol. The molecule has 0 bridgehead atoms. The van der Waals surface area contributed by atoms with Crippen molar-refractivity contribution < 1.29 is 0 Å². The van der Waals surface area contributed by atoms with Crippen molar-refractivity contribution >= 4 is 27.4 Å². The number of nitrogens with two attached hydrogens (primary N) is 1. The van der Waals surface area contributed by atoms with E-state index in [1.165, 1.54) is 11.5 Å². The van der Waals surface area contributed by atoms with Gasteiger partial charge in [0.2, 0.25) is 0 Å². The summed E-state index contributed by atoms with van der Waals surface area (Å²) in [4.78, 5) is 0. The van der Waals surface area contributed by atoms with Gasteiger partial charge in [0.05, 0.1) is 5.52 Å². The molecule has 1 heterocycles. The standard InChI is InChI=1S/C7H7N3S/c8-9-7-5-3-1-2-4-6(5)10-11-7/h1-4,9H,8H2. The summed E-state index contributed by atoms with van der Waals surface area (Å²) >= 11 is 1.38. The molecule has 0 radical (unpaired) electrons. The Morgan fingerprint density at radius 2 is 2.18 bits per heavy atom. The number of anilines is 1. The van der Waals surface area contributed by atoms with Crippen LogP contribution in [0.1, 0.15) is 0 Å². The van der Waals surface area contributed by atoms with Gasteiger partial charge in [0.1, 0.15) is 5.00 Å². The molecule has 0 saturated heterocycles. The van der Waals surface area contributed by atoms with Gasteiger partial charge in [-0.05, 0) is 23.7 Å². The quantitative estimate of drug-likeness (QED) is 0.498. The van der Waals surface area contributed by atoms with Crippen LogP contribution in [0.4, 0.5) is 5.00 Å². The summed E-state index contributed by atoms with van der Waals surface area (Å²) in [7, 11) is 0. The molecule has 11 heavy (non-hydrogen) atoms. The maximum Gasteiger partial charge on any atom is 0.131 e. The van der Waals surface area contributed by atoms with E-state index in [0.29, 0.717) is 0 Å². The van der Waals surface area contributed by atoms with Crippen molar-refractivity contribution in [2.75, 3.05) is 5.43 Å². The van der Waals surface area contributed by atoms with Crippen molar-refractivity contribution in [3.8, 4) is 0 Å². The Morgan fingerprint density at radius 3 is 3.00 bits per heavy atom. The fourth-order valence-electron chi connectivity index (χ4n) is 0.993. The number of benzene rings is 1. The van der Waals surface area contributed by atoms with Crippen LogP contribution in [-0.2, 0) is 0 Å². The molecule has 0 amide bonds. The molecule has 0 atom stereocenters. The summed E-state index contributed by atoms with van der Waals surface area (Å²) in [5, 5.41) is 2.00. The SMILES string of the molecule is NNc1snc2ccccc12. The Balaban J connectivity index is 2.76. The number of hydrogen-bond donors (Lipinski definition) is 2. The third-order valence-electron chi connectivity index (χ3n) is 1.52. The highest BCUT2D eigenvalue weighted by molar-refractivity contribution is 7.11. The molecule has 3 N–H and O–H groups in total. The van der Waals surface area contributed by atoms with E-state index >= 15 is 0 Å².